The van der Waals surface area contributed by atoms with Crippen LogP contribution in [0.2, 0.25) is 5.02 Å². The maximum absolute atomic E-state index is 12.1. The van der Waals surface area contributed by atoms with Gasteiger partial charge in [-0.1, -0.05) is 41.9 Å². The number of aliphatic hydroxyl groups excluding tert-OH is 1. The largest absolute Gasteiger partial charge is 0.444 e. The molecule has 1 amide bonds. The van der Waals surface area contributed by atoms with Crippen LogP contribution in [0.25, 0.3) is 0 Å². The standard InChI is InChI=1S/C24H24ClN3O3/c25-20-7-3-18(4-8-20)16-31-24(30)27-21-9-5-17(6-10-21)15-28-22(11-12-23(28)29)19-2-1-13-26-14-19/h1-10,13-14,22-23,29H,11-12,15-16H2,(H,27,30)/t22-,23?/m1/s1. The van der Waals surface area contributed by atoms with Gasteiger partial charge in [0.2, 0.25) is 0 Å². The van der Waals surface area contributed by atoms with Gasteiger partial charge in [0, 0.05) is 35.7 Å². The minimum Gasteiger partial charge on any atom is -0.444 e. The third-order valence-corrected chi connectivity index (χ3v) is 5.65. The number of hydrogen-bond donors (Lipinski definition) is 2. The van der Waals surface area contributed by atoms with E-state index in [0.29, 0.717) is 17.3 Å². The Labute approximate surface area is 186 Å². The number of nitrogens with zero attached hydrogens (tertiary/aromatic N) is 2. The number of halogens is 1. The molecule has 0 bridgehead atoms. The number of hydrogen-bond acceptors (Lipinski definition) is 5. The van der Waals surface area contributed by atoms with E-state index in [1.54, 1.807) is 18.3 Å². The first-order valence-electron chi connectivity index (χ1n) is 10.2. The highest BCUT2D eigenvalue weighted by Gasteiger charge is 2.33. The molecule has 0 spiro atoms. The van der Waals surface area contributed by atoms with Crippen molar-refractivity contribution in [3.05, 3.63) is 94.8 Å². The molecule has 2 aromatic carbocycles. The Bertz CT molecular complexity index is 997. The number of amides is 1. The number of carbonyl (C=O) groups excluding carboxylic acids is 1. The Morgan fingerprint density at radius 1 is 1.10 bits per heavy atom. The molecular weight excluding hydrogens is 414 g/mol. The van der Waals surface area contributed by atoms with Crippen LogP contribution in [0.4, 0.5) is 10.5 Å². The molecule has 0 radical (unpaired) electrons. The quantitative estimate of drug-likeness (QED) is 0.558. The molecule has 2 N–H and O–H groups in total. The van der Waals surface area contributed by atoms with Crippen molar-refractivity contribution >= 4 is 23.4 Å². The zero-order chi connectivity index (χ0) is 21.6. The van der Waals surface area contributed by atoms with Crippen LogP contribution in [-0.4, -0.2) is 27.3 Å². The summed E-state index contributed by atoms with van der Waals surface area (Å²) in [7, 11) is 0. The minimum atomic E-state index is -0.519. The van der Waals surface area contributed by atoms with E-state index in [2.05, 4.69) is 15.2 Å². The van der Waals surface area contributed by atoms with Gasteiger partial charge in [0.1, 0.15) is 12.8 Å². The van der Waals surface area contributed by atoms with Crippen molar-refractivity contribution in [1.82, 2.24) is 9.88 Å². The third-order valence-electron chi connectivity index (χ3n) is 5.40. The smallest absolute Gasteiger partial charge is 0.411 e. The fourth-order valence-electron chi connectivity index (χ4n) is 3.78. The van der Waals surface area contributed by atoms with E-state index >= 15 is 0 Å². The molecule has 0 saturated carbocycles. The molecule has 1 aliphatic rings. The first-order valence-corrected chi connectivity index (χ1v) is 10.6. The second-order valence-corrected chi connectivity index (χ2v) is 7.99. The lowest BCUT2D eigenvalue weighted by Gasteiger charge is -2.27. The monoisotopic (exact) mass is 437 g/mol. The number of likely N-dealkylation sites (tertiary alicyclic amines) is 1. The van der Waals surface area contributed by atoms with E-state index in [1.807, 2.05) is 54.7 Å². The fourth-order valence-corrected chi connectivity index (χ4v) is 3.91. The molecule has 1 aromatic heterocycles. The number of ether oxygens (including phenoxy) is 1. The average Bonchev–Trinajstić information content (AvgIpc) is 3.15. The van der Waals surface area contributed by atoms with Gasteiger partial charge in [0.15, 0.2) is 0 Å². The van der Waals surface area contributed by atoms with Crippen molar-refractivity contribution in [3.63, 3.8) is 0 Å². The lowest BCUT2D eigenvalue weighted by molar-refractivity contribution is 0.0106. The summed E-state index contributed by atoms with van der Waals surface area (Å²) in [5, 5.41) is 13.8. The third kappa shape index (κ3) is 5.61. The Morgan fingerprint density at radius 2 is 1.84 bits per heavy atom. The number of nitrogens with one attached hydrogen (secondary N) is 1. The summed E-state index contributed by atoms with van der Waals surface area (Å²) >= 11 is 5.86. The van der Waals surface area contributed by atoms with Gasteiger partial charge in [0.25, 0.3) is 0 Å². The SMILES string of the molecule is O=C(Nc1ccc(CN2C(O)CC[C@@H]2c2cccnc2)cc1)OCc1ccc(Cl)cc1. The fraction of sp³-hybridized carbons (Fsp3) is 0.250. The van der Waals surface area contributed by atoms with Crippen molar-refractivity contribution in [3.8, 4) is 0 Å². The normalized spacial score (nSPS) is 18.6. The molecule has 1 saturated heterocycles. The number of aliphatic hydroxyl groups is 1. The molecule has 7 heteroatoms. The highest BCUT2D eigenvalue weighted by molar-refractivity contribution is 6.30. The summed E-state index contributed by atoms with van der Waals surface area (Å²) in [6, 6.07) is 18.8. The topological polar surface area (TPSA) is 74.7 Å². The van der Waals surface area contributed by atoms with E-state index < -0.39 is 12.3 Å². The Balaban J connectivity index is 1.32. The predicted molar refractivity (Wildman–Crippen MR) is 119 cm³/mol. The zero-order valence-electron chi connectivity index (χ0n) is 16.9. The van der Waals surface area contributed by atoms with Gasteiger partial charge in [-0.3, -0.25) is 15.2 Å². The molecule has 31 heavy (non-hydrogen) atoms. The second-order valence-electron chi connectivity index (χ2n) is 7.56. The Morgan fingerprint density at radius 3 is 2.55 bits per heavy atom. The van der Waals surface area contributed by atoms with E-state index in [1.165, 1.54) is 0 Å². The summed E-state index contributed by atoms with van der Waals surface area (Å²) in [4.78, 5) is 18.3. The minimum absolute atomic E-state index is 0.143. The van der Waals surface area contributed by atoms with Crippen LogP contribution in [0, 0.1) is 0 Å². The van der Waals surface area contributed by atoms with Gasteiger partial charge < -0.3 is 9.84 Å². The van der Waals surface area contributed by atoms with Crippen LogP contribution in [0.3, 0.4) is 0 Å². The number of rotatable bonds is 6. The maximum Gasteiger partial charge on any atom is 0.411 e. The molecule has 160 valence electrons. The number of aromatic nitrogens is 1. The van der Waals surface area contributed by atoms with Crippen molar-refractivity contribution in [2.75, 3.05) is 5.32 Å². The van der Waals surface area contributed by atoms with Crippen molar-refractivity contribution in [2.45, 2.75) is 38.3 Å². The Hall–Kier alpha value is -2.93. The number of pyridine rings is 1. The molecule has 1 fully saturated rings. The second kappa shape index (κ2) is 9.92. The Kier molecular flexibility index (Phi) is 6.82. The molecule has 6 nitrogen and oxygen atoms in total. The number of benzene rings is 2. The van der Waals surface area contributed by atoms with Gasteiger partial charge in [-0.25, -0.2) is 4.79 Å². The lowest BCUT2D eigenvalue weighted by atomic mass is 10.1. The van der Waals surface area contributed by atoms with Crippen molar-refractivity contribution in [1.29, 1.82) is 0 Å². The number of anilines is 1. The van der Waals surface area contributed by atoms with Gasteiger partial charge in [0.05, 0.1) is 0 Å². The summed E-state index contributed by atoms with van der Waals surface area (Å²) < 4.78 is 5.25. The van der Waals surface area contributed by atoms with Crippen LogP contribution in [0.5, 0.6) is 0 Å². The van der Waals surface area contributed by atoms with Crippen molar-refractivity contribution in [2.24, 2.45) is 0 Å². The highest BCUT2D eigenvalue weighted by atomic mass is 35.5. The molecule has 2 heterocycles. The average molecular weight is 438 g/mol. The molecule has 4 rings (SSSR count). The first-order chi connectivity index (χ1) is 15.1. The molecule has 3 aromatic rings. The van der Waals surface area contributed by atoms with Gasteiger partial charge in [-0.05, 0) is 59.9 Å². The van der Waals surface area contributed by atoms with E-state index in [0.717, 1.165) is 29.5 Å². The van der Waals surface area contributed by atoms with E-state index in [4.69, 9.17) is 16.3 Å². The molecule has 2 atom stereocenters. The summed E-state index contributed by atoms with van der Waals surface area (Å²) in [6.45, 7) is 0.783. The predicted octanol–water partition coefficient (Wildman–Crippen LogP) is 5.14. The number of carbonyl (C=O) groups is 1. The summed E-state index contributed by atoms with van der Waals surface area (Å²) in [6.07, 6.45) is 4.24. The highest BCUT2D eigenvalue weighted by Crippen LogP contribution is 2.36. The van der Waals surface area contributed by atoms with Crippen LogP contribution in [0.1, 0.15) is 35.6 Å². The van der Waals surface area contributed by atoms with Gasteiger partial charge in [-0.2, -0.15) is 0 Å². The van der Waals surface area contributed by atoms with Gasteiger partial charge in [-0.15, -0.1) is 0 Å². The summed E-state index contributed by atoms with van der Waals surface area (Å²) in [5.41, 5.74) is 3.67. The molecule has 1 unspecified atom stereocenters. The molecular formula is C24H24ClN3O3. The van der Waals surface area contributed by atoms with Crippen molar-refractivity contribution < 1.29 is 14.6 Å². The lowest BCUT2D eigenvalue weighted by Crippen LogP contribution is -2.30. The first kappa shape index (κ1) is 21.3. The van der Waals surface area contributed by atoms with Gasteiger partial charge >= 0.3 is 6.09 Å². The van der Waals surface area contributed by atoms with Crippen LogP contribution < -0.4 is 5.32 Å². The summed E-state index contributed by atoms with van der Waals surface area (Å²) in [5.74, 6) is 0. The van der Waals surface area contributed by atoms with E-state index in [9.17, 15) is 9.90 Å². The molecule has 0 aliphatic carbocycles. The van der Waals surface area contributed by atoms with Crippen LogP contribution in [0.15, 0.2) is 73.1 Å². The van der Waals surface area contributed by atoms with Crippen LogP contribution >= 0.6 is 11.6 Å². The van der Waals surface area contributed by atoms with Crippen LogP contribution in [-0.2, 0) is 17.9 Å². The maximum atomic E-state index is 12.1. The van der Waals surface area contributed by atoms with E-state index in [-0.39, 0.29) is 12.6 Å². The zero-order valence-corrected chi connectivity index (χ0v) is 17.7. The molecule has 1 aliphatic heterocycles.